The molecule has 0 aromatic carbocycles. The number of unbranched alkanes of at least 4 members (excludes halogenated alkanes) is 24. The number of hydrogen-bond donors (Lipinski definition) is 4. The van der Waals surface area contributed by atoms with E-state index in [4.69, 9.17) is 18.9 Å². The van der Waals surface area contributed by atoms with Crippen molar-refractivity contribution in [2.24, 2.45) is 45.3 Å². The zero-order valence-corrected chi connectivity index (χ0v) is 52.0. The van der Waals surface area contributed by atoms with Crippen molar-refractivity contribution in [1.29, 1.82) is 0 Å². The first-order valence-electron chi connectivity index (χ1n) is 33.2. The second-order valence-corrected chi connectivity index (χ2v) is 28.2. The Morgan fingerprint density at radius 2 is 1.08 bits per heavy atom. The van der Waals surface area contributed by atoms with E-state index in [2.05, 4.69) is 75.3 Å². The average Bonchev–Trinajstić information content (AvgIpc) is 3.89. The number of esters is 2. The maximum absolute atomic E-state index is 13.5. The van der Waals surface area contributed by atoms with E-state index < -0.39 is 42.4 Å². The first-order valence-corrected chi connectivity index (χ1v) is 33.2. The van der Waals surface area contributed by atoms with Crippen LogP contribution in [0.25, 0.3) is 0 Å². The summed E-state index contributed by atoms with van der Waals surface area (Å²) in [7, 11) is 0. The predicted octanol–water partition coefficient (Wildman–Crippen LogP) is 16.4. The van der Waals surface area contributed by atoms with E-state index in [1.165, 1.54) is 140 Å². The van der Waals surface area contributed by atoms with Gasteiger partial charge < -0.3 is 39.4 Å². The van der Waals surface area contributed by atoms with E-state index in [0.717, 1.165) is 77.0 Å². The highest BCUT2D eigenvalue weighted by Gasteiger charge is 2.72. The molecule has 15 atom stereocenters. The van der Waals surface area contributed by atoms with Crippen LogP contribution >= 0.6 is 0 Å². The molecule has 4 saturated carbocycles. The molecule has 15 unspecified atom stereocenters. The molecule has 5 aliphatic rings. The molecule has 1 heterocycles. The van der Waals surface area contributed by atoms with Gasteiger partial charge in [-0.05, 0) is 131 Å². The molecule has 0 amide bonds. The molecule has 1 aliphatic heterocycles. The molecule has 454 valence electrons. The molecule has 4 aliphatic carbocycles. The highest BCUT2D eigenvalue weighted by atomic mass is 16.7. The minimum atomic E-state index is -1.56. The Morgan fingerprint density at radius 1 is 0.590 bits per heavy atom. The van der Waals surface area contributed by atoms with Crippen molar-refractivity contribution >= 4 is 11.9 Å². The maximum atomic E-state index is 13.5. The lowest BCUT2D eigenvalue weighted by Gasteiger charge is -2.70. The molecule has 5 fully saturated rings. The molecule has 1 saturated heterocycles. The van der Waals surface area contributed by atoms with Crippen LogP contribution in [0.15, 0.2) is 11.6 Å². The van der Waals surface area contributed by atoms with Gasteiger partial charge in [0.2, 0.25) is 0 Å². The highest BCUT2D eigenvalue weighted by Crippen LogP contribution is 2.76. The topological polar surface area (TPSA) is 152 Å². The van der Waals surface area contributed by atoms with Gasteiger partial charge >= 0.3 is 11.9 Å². The standard InChI is InChI=1S/C68H122O10/c1-11-13-15-17-19-21-23-25-27-29-31-33-35-39-57(70)75-49-53-60(72)61(73)62(74)63(76-53)78-68(10,44-37-38-50(3)4)51-41-46-67(9)59(51)52(69)48-55-65(7)45-43-56(64(5,6)54(65)42-47-66(55,67)8)77-58(71)40-36-34-32-30-28-26-24-22-20-18-16-14-12-2/h38,51-56,59-63,69,72-74H,11-37,39-49H2,1-10H3. The molecule has 0 radical (unpaired) electrons. The van der Waals surface area contributed by atoms with E-state index >= 15 is 0 Å². The van der Waals surface area contributed by atoms with Gasteiger partial charge in [0, 0.05) is 18.3 Å². The Hall–Kier alpha value is -1.56. The summed E-state index contributed by atoms with van der Waals surface area (Å²) in [5, 5.41) is 46.8. The Morgan fingerprint density at radius 3 is 1.59 bits per heavy atom. The maximum Gasteiger partial charge on any atom is 0.306 e. The Kier molecular flexibility index (Phi) is 28.0. The van der Waals surface area contributed by atoms with Gasteiger partial charge in [0.1, 0.15) is 37.1 Å². The first-order chi connectivity index (χ1) is 37.2. The third kappa shape index (κ3) is 17.7. The molecular formula is C68H122O10. The van der Waals surface area contributed by atoms with E-state index in [1.54, 1.807) is 0 Å². The third-order valence-electron chi connectivity index (χ3n) is 22.0. The van der Waals surface area contributed by atoms with Gasteiger partial charge in [0.15, 0.2) is 6.29 Å². The number of rotatable bonds is 37. The van der Waals surface area contributed by atoms with Gasteiger partial charge in [-0.2, -0.15) is 0 Å². The molecule has 78 heavy (non-hydrogen) atoms. The zero-order chi connectivity index (χ0) is 57.0. The van der Waals surface area contributed by atoms with Gasteiger partial charge in [0.25, 0.3) is 0 Å². The second kappa shape index (κ2) is 32.5. The number of aliphatic hydroxyl groups excluding tert-OH is 4. The Bertz CT molecular complexity index is 1760. The van der Waals surface area contributed by atoms with Gasteiger partial charge in [-0.1, -0.05) is 214 Å². The second-order valence-electron chi connectivity index (χ2n) is 28.2. The number of carbonyl (C=O) groups excluding carboxylic acids is 2. The van der Waals surface area contributed by atoms with Crippen LogP contribution < -0.4 is 0 Å². The van der Waals surface area contributed by atoms with Crippen LogP contribution in [0.5, 0.6) is 0 Å². The number of carbonyl (C=O) groups is 2. The van der Waals surface area contributed by atoms with Gasteiger partial charge in [0.05, 0.1) is 11.7 Å². The average molecular weight is 1100 g/mol. The zero-order valence-electron chi connectivity index (χ0n) is 52.0. The van der Waals surface area contributed by atoms with Gasteiger partial charge in [-0.3, -0.25) is 9.59 Å². The van der Waals surface area contributed by atoms with Crippen LogP contribution in [0.3, 0.4) is 0 Å². The SMILES string of the molecule is CCCCCCCCCCCCCCCC(=O)OCC1OC(OC(C)(CCC=C(C)C)C2CCC3(C)C2C(O)CC2C4(C)CCC(OC(=O)CCCCCCCCCCCCCCC)C(C)(C)C4CCC23C)C(O)C(O)C1O. The van der Waals surface area contributed by atoms with Crippen LogP contribution in [0.4, 0.5) is 0 Å². The monoisotopic (exact) mass is 1100 g/mol. The van der Waals surface area contributed by atoms with Crippen LogP contribution in [0, 0.1) is 45.3 Å². The van der Waals surface area contributed by atoms with Crippen molar-refractivity contribution in [2.45, 2.75) is 355 Å². The molecule has 5 rings (SSSR count). The fourth-order valence-electron chi connectivity index (χ4n) is 17.1. The summed E-state index contributed by atoms with van der Waals surface area (Å²) < 4.78 is 25.5. The lowest BCUT2D eigenvalue weighted by molar-refractivity contribution is -0.336. The molecule has 10 heteroatoms. The molecule has 4 N–H and O–H groups in total. The lowest BCUT2D eigenvalue weighted by atomic mass is 9.35. The predicted molar refractivity (Wildman–Crippen MR) is 317 cm³/mol. The largest absolute Gasteiger partial charge is 0.463 e. The smallest absolute Gasteiger partial charge is 0.306 e. The molecule has 0 bridgehead atoms. The van der Waals surface area contributed by atoms with Crippen LogP contribution in [-0.2, 0) is 28.5 Å². The molecule has 0 aromatic heterocycles. The van der Waals surface area contributed by atoms with Crippen molar-refractivity contribution in [1.82, 2.24) is 0 Å². The molecule has 10 nitrogen and oxygen atoms in total. The van der Waals surface area contributed by atoms with Crippen molar-refractivity contribution in [3.63, 3.8) is 0 Å². The molecular weight excluding hydrogens is 977 g/mol. The van der Waals surface area contributed by atoms with E-state index in [1.807, 2.05) is 0 Å². The fraction of sp³-hybridized carbons (Fsp3) is 0.941. The van der Waals surface area contributed by atoms with E-state index in [0.29, 0.717) is 25.2 Å². The fourth-order valence-corrected chi connectivity index (χ4v) is 17.1. The first kappa shape index (κ1) is 67.2. The summed E-state index contributed by atoms with van der Waals surface area (Å²) in [6, 6.07) is 0. The lowest BCUT2D eigenvalue weighted by Crippen LogP contribution is -2.67. The summed E-state index contributed by atoms with van der Waals surface area (Å²) in [6.07, 6.45) is 35.6. The van der Waals surface area contributed by atoms with Crippen molar-refractivity contribution in [3.8, 4) is 0 Å². The normalized spacial score (nSPS) is 34.1. The summed E-state index contributed by atoms with van der Waals surface area (Å²) in [6.45, 7) is 22.7. The quantitative estimate of drug-likeness (QED) is 0.0269. The summed E-state index contributed by atoms with van der Waals surface area (Å²) in [5.41, 5.74) is -0.176. The van der Waals surface area contributed by atoms with Crippen molar-refractivity contribution < 1.29 is 49.0 Å². The van der Waals surface area contributed by atoms with Crippen LogP contribution in [-0.4, -0.2) is 87.5 Å². The number of hydrogen-bond acceptors (Lipinski definition) is 10. The number of allylic oxidation sites excluding steroid dienone is 2. The Balaban J connectivity index is 1.15. The van der Waals surface area contributed by atoms with Crippen molar-refractivity contribution in [3.05, 3.63) is 11.6 Å². The number of aliphatic hydroxyl groups is 4. The third-order valence-corrected chi connectivity index (χ3v) is 22.0. The number of fused-ring (bicyclic) bond motifs is 5. The number of ether oxygens (including phenoxy) is 4. The van der Waals surface area contributed by atoms with Crippen LogP contribution in [0.1, 0.15) is 307 Å². The molecule has 0 spiro atoms. The minimum Gasteiger partial charge on any atom is -0.463 e. The highest BCUT2D eigenvalue weighted by molar-refractivity contribution is 5.69. The van der Waals surface area contributed by atoms with E-state index in [-0.39, 0.29) is 70.5 Å². The van der Waals surface area contributed by atoms with E-state index in [9.17, 15) is 30.0 Å². The van der Waals surface area contributed by atoms with Crippen molar-refractivity contribution in [2.75, 3.05) is 6.61 Å². The van der Waals surface area contributed by atoms with Gasteiger partial charge in [-0.25, -0.2) is 0 Å². The summed E-state index contributed by atoms with van der Waals surface area (Å²) in [4.78, 5) is 26.4. The molecule has 0 aromatic rings. The summed E-state index contributed by atoms with van der Waals surface area (Å²) >= 11 is 0. The van der Waals surface area contributed by atoms with Gasteiger partial charge in [-0.15, -0.1) is 0 Å². The minimum absolute atomic E-state index is 0.0351. The Labute approximate surface area is 477 Å². The summed E-state index contributed by atoms with van der Waals surface area (Å²) in [5.74, 6) is 0.0771. The van der Waals surface area contributed by atoms with Crippen LogP contribution in [0.2, 0.25) is 0 Å².